The number of benzene rings is 1. The summed E-state index contributed by atoms with van der Waals surface area (Å²) >= 11 is 11.0. The van der Waals surface area contributed by atoms with E-state index in [-0.39, 0.29) is 5.41 Å². The van der Waals surface area contributed by atoms with E-state index >= 15 is 0 Å². The van der Waals surface area contributed by atoms with Gasteiger partial charge in [-0.25, -0.2) is 0 Å². The van der Waals surface area contributed by atoms with Crippen LogP contribution in [0, 0.1) is 5.41 Å². The maximum absolute atomic E-state index is 5.96. The highest BCUT2D eigenvalue weighted by Crippen LogP contribution is 2.25. The van der Waals surface area contributed by atoms with Gasteiger partial charge >= 0.3 is 0 Å². The molecule has 0 aliphatic carbocycles. The number of nitrogens with two attached hydrogens (primary N) is 1. The molecule has 0 fully saturated rings. The SMILES string of the molecule is COCCC(C)(C)CNc1ccc(Cl)cc1C(N)=S. The standard InChI is InChI=1S/C14H21ClN2OS/c1-14(2,6-7-18-3)9-17-12-5-4-10(15)8-11(12)13(16)19/h4-5,8,17H,6-7,9H2,1-3H3,(H2,16,19). The smallest absolute Gasteiger partial charge is 0.106 e. The Labute approximate surface area is 125 Å². The van der Waals surface area contributed by atoms with E-state index in [9.17, 15) is 0 Å². The van der Waals surface area contributed by atoms with Gasteiger partial charge in [-0.15, -0.1) is 0 Å². The predicted molar refractivity (Wildman–Crippen MR) is 86.1 cm³/mol. The largest absolute Gasteiger partial charge is 0.389 e. The van der Waals surface area contributed by atoms with Crippen LogP contribution in [-0.4, -0.2) is 25.2 Å². The van der Waals surface area contributed by atoms with Gasteiger partial charge in [0.15, 0.2) is 0 Å². The van der Waals surface area contributed by atoms with Gasteiger partial charge in [-0.1, -0.05) is 37.7 Å². The summed E-state index contributed by atoms with van der Waals surface area (Å²) < 4.78 is 5.12. The van der Waals surface area contributed by atoms with Gasteiger partial charge in [0, 0.05) is 36.5 Å². The highest BCUT2D eigenvalue weighted by Gasteiger charge is 2.18. The fourth-order valence-corrected chi connectivity index (χ4v) is 2.02. The van der Waals surface area contributed by atoms with Crippen LogP contribution < -0.4 is 11.1 Å². The first-order valence-corrected chi connectivity index (χ1v) is 6.96. The molecule has 0 aromatic heterocycles. The van der Waals surface area contributed by atoms with E-state index in [0.29, 0.717) is 10.0 Å². The molecule has 0 saturated heterocycles. The van der Waals surface area contributed by atoms with Crippen LogP contribution in [0.4, 0.5) is 5.69 Å². The topological polar surface area (TPSA) is 47.3 Å². The van der Waals surface area contributed by atoms with Gasteiger partial charge < -0.3 is 15.8 Å². The Morgan fingerprint density at radius 2 is 2.16 bits per heavy atom. The van der Waals surface area contributed by atoms with Crippen molar-refractivity contribution >= 4 is 34.5 Å². The lowest BCUT2D eigenvalue weighted by Gasteiger charge is -2.26. The van der Waals surface area contributed by atoms with E-state index in [1.165, 1.54) is 0 Å². The second kappa shape index (κ2) is 7.08. The molecule has 1 aromatic rings. The second-order valence-corrected chi connectivity index (χ2v) is 6.19. The molecule has 0 unspecified atom stereocenters. The lowest BCUT2D eigenvalue weighted by atomic mass is 9.89. The molecular weight excluding hydrogens is 280 g/mol. The molecule has 19 heavy (non-hydrogen) atoms. The molecular formula is C14H21ClN2OS. The molecule has 0 spiro atoms. The summed E-state index contributed by atoms with van der Waals surface area (Å²) in [6, 6.07) is 5.52. The third kappa shape index (κ3) is 5.35. The Morgan fingerprint density at radius 1 is 1.47 bits per heavy atom. The summed E-state index contributed by atoms with van der Waals surface area (Å²) in [5.41, 5.74) is 7.55. The van der Waals surface area contributed by atoms with Crippen LogP contribution in [-0.2, 0) is 4.74 Å². The molecule has 5 heteroatoms. The van der Waals surface area contributed by atoms with E-state index < -0.39 is 0 Å². The molecule has 0 radical (unpaired) electrons. The summed E-state index contributed by atoms with van der Waals surface area (Å²) in [4.78, 5) is 0.347. The maximum atomic E-state index is 5.96. The number of ether oxygens (including phenoxy) is 1. The van der Waals surface area contributed by atoms with Crippen molar-refractivity contribution < 1.29 is 4.74 Å². The number of methoxy groups -OCH3 is 1. The average molecular weight is 301 g/mol. The lowest BCUT2D eigenvalue weighted by molar-refractivity contribution is 0.157. The van der Waals surface area contributed by atoms with Crippen molar-refractivity contribution in [3.8, 4) is 0 Å². The van der Waals surface area contributed by atoms with Gasteiger partial charge in [0.25, 0.3) is 0 Å². The van der Waals surface area contributed by atoms with Crippen LogP contribution in [0.25, 0.3) is 0 Å². The van der Waals surface area contributed by atoms with Crippen molar-refractivity contribution in [2.75, 3.05) is 25.6 Å². The normalized spacial score (nSPS) is 11.4. The number of hydrogen-bond acceptors (Lipinski definition) is 3. The van der Waals surface area contributed by atoms with Gasteiger partial charge in [0.1, 0.15) is 4.99 Å². The van der Waals surface area contributed by atoms with Crippen molar-refractivity contribution in [1.82, 2.24) is 0 Å². The van der Waals surface area contributed by atoms with Gasteiger partial charge in [-0.05, 0) is 30.0 Å². The van der Waals surface area contributed by atoms with Crippen LogP contribution in [0.5, 0.6) is 0 Å². The monoisotopic (exact) mass is 300 g/mol. The predicted octanol–water partition coefficient (Wildman–Crippen LogP) is 3.45. The van der Waals surface area contributed by atoms with E-state index in [0.717, 1.165) is 30.8 Å². The molecule has 3 nitrogen and oxygen atoms in total. The number of halogens is 1. The van der Waals surface area contributed by atoms with Crippen LogP contribution in [0.15, 0.2) is 18.2 Å². The lowest BCUT2D eigenvalue weighted by Crippen LogP contribution is -2.25. The molecule has 0 aliphatic heterocycles. The van der Waals surface area contributed by atoms with Gasteiger partial charge in [-0.3, -0.25) is 0 Å². The van der Waals surface area contributed by atoms with E-state index in [1.54, 1.807) is 13.2 Å². The average Bonchev–Trinajstić information content (AvgIpc) is 2.35. The van der Waals surface area contributed by atoms with Crippen molar-refractivity contribution in [3.05, 3.63) is 28.8 Å². The van der Waals surface area contributed by atoms with E-state index in [4.69, 9.17) is 34.3 Å². The third-order valence-corrected chi connectivity index (χ3v) is 3.44. The van der Waals surface area contributed by atoms with Gasteiger partial charge in [-0.2, -0.15) is 0 Å². The minimum Gasteiger partial charge on any atom is -0.389 e. The van der Waals surface area contributed by atoms with Gasteiger partial charge in [0.2, 0.25) is 0 Å². The minimum atomic E-state index is 0.128. The first-order valence-electron chi connectivity index (χ1n) is 6.18. The van der Waals surface area contributed by atoms with Crippen molar-refractivity contribution in [2.24, 2.45) is 11.1 Å². The zero-order valence-corrected chi connectivity index (χ0v) is 13.2. The van der Waals surface area contributed by atoms with Crippen molar-refractivity contribution in [3.63, 3.8) is 0 Å². The quantitative estimate of drug-likeness (QED) is 0.757. The van der Waals surface area contributed by atoms with E-state index in [2.05, 4.69) is 19.2 Å². The fraction of sp³-hybridized carbons (Fsp3) is 0.500. The molecule has 0 heterocycles. The molecule has 106 valence electrons. The van der Waals surface area contributed by atoms with Crippen LogP contribution in [0.2, 0.25) is 5.02 Å². The van der Waals surface area contributed by atoms with Crippen molar-refractivity contribution in [2.45, 2.75) is 20.3 Å². The van der Waals surface area contributed by atoms with Crippen LogP contribution in [0.3, 0.4) is 0 Å². The van der Waals surface area contributed by atoms with Crippen LogP contribution in [0.1, 0.15) is 25.8 Å². The number of anilines is 1. The maximum Gasteiger partial charge on any atom is 0.106 e. The third-order valence-electron chi connectivity index (χ3n) is 2.99. The first-order chi connectivity index (χ1) is 8.85. The van der Waals surface area contributed by atoms with E-state index in [1.807, 2.05) is 12.1 Å². The number of nitrogens with one attached hydrogen (secondary N) is 1. The molecule has 0 bridgehead atoms. The highest BCUT2D eigenvalue weighted by atomic mass is 35.5. The number of thiocarbonyl (C=S) groups is 1. The summed E-state index contributed by atoms with van der Waals surface area (Å²) in [5, 5.41) is 4.02. The number of rotatable bonds is 7. The molecule has 1 rings (SSSR count). The Kier molecular flexibility index (Phi) is 6.04. The Morgan fingerprint density at radius 3 is 2.74 bits per heavy atom. The second-order valence-electron chi connectivity index (χ2n) is 5.31. The molecule has 0 amide bonds. The molecule has 1 aromatic carbocycles. The fourth-order valence-electron chi connectivity index (χ4n) is 1.68. The summed E-state index contributed by atoms with van der Waals surface area (Å²) in [7, 11) is 1.72. The molecule has 3 N–H and O–H groups in total. The molecule has 0 atom stereocenters. The first kappa shape index (κ1) is 16.2. The Hall–Kier alpha value is -0.840. The summed E-state index contributed by atoms with van der Waals surface area (Å²) in [6.07, 6.45) is 0.979. The Balaban J connectivity index is 2.75. The zero-order chi connectivity index (χ0) is 14.5. The van der Waals surface area contributed by atoms with Gasteiger partial charge in [0.05, 0.1) is 0 Å². The van der Waals surface area contributed by atoms with Crippen molar-refractivity contribution in [1.29, 1.82) is 0 Å². The summed E-state index contributed by atoms with van der Waals surface area (Å²) in [6.45, 7) is 5.94. The minimum absolute atomic E-state index is 0.128. The highest BCUT2D eigenvalue weighted by molar-refractivity contribution is 7.80. The Bertz CT molecular complexity index is 449. The number of hydrogen-bond donors (Lipinski definition) is 2. The molecule has 0 saturated carbocycles. The summed E-state index contributed by atoms with van der Waals surface area (Å²) in [5.74, 6) is 0. The zero-order valence-electron chi connectivity index (χ0n) is 11.6. The molecule has 0 aliphatic rings. The van der Waals surface area contributed by atoms with Crippen LogP contribution >= 0.6 is 23.8 Å².